The molecule has 0 amide bonds. The fourth-order valence-corrected chi connectivity index (χ4v) is 3.02. The molecule has 0 aliphatic rings. The molecule has 0 radical (unpaired) electrons. The van der Waals surface area contributed by atoms with E-state index in [1.807, 2.05) is 30.7 Å². The highest BCUT2D eigenvalue weighted by atomic mass is 19.4. The van der Waals surface area contributed by atoms with Crippen molar-refractivity contribution >= 4 is 11.6 Å². The van der Waals surface area contributed by atoms with E-state index in [0.717, 1.165) is 17.4 Å². The molecule has 160 valence electrons. The smallest absolute Gasteiger partial charge is 0.322 e. The summed E-state index contributed by atoms with van der Waals surface area (Å²) in [4.78, 5) is 13.0. The molecule has 0 unspecified atom stereocenters. The summed E-state index contributed by atoms with van der Waals surface area (Å²) in [5.41, 5.74) is 1.55. The van der Waals surface area contributed by atoms with Crippen LogP contribution in [0.4, 0.5) is 29.2 Å². The Kier molecular flexibility index (Phi) is 4.96. The molecule has 31 heavy (non-hydrogen) atoms. The average Bonchev–Trinajstić information content (AvgIpc) is 3.28. The molecule has 0 fully saturated rings. The van der Waals surface area contributed by atoms with E-state index < -0.39 is 17.6 Å². The molecule has 0 saturated heterocycles. The molecule has 0 saturated carbocycles. The topological polar surface area (TPSA) is 73.5 Å². The van der Waals surface area contributed by atoms with E-state index in [-0.39, 0.29) is 17.5 Å². The summed E-state index contributed by atoms with van der Waals surface area (Å²) in [5.74, 6) is -0.526. The fourth-order valence-electron chi connectivity index (χ4n) is 3.02. The van der Waals surface area contributed by atoms with Crippen LogP contribution in [0.1, 0.15) is 17.0 Å². The summed E-state index contributed by atoms with van der Waals surface area (Å²) in [6.07, 6.45) is -1.04. The molecule has 0 atom stereocenters. The molecule has 0 aliphatic carbocycles. The van der Waals surface area contributed by atoms with Gasteiger partial charge in [-0.1, -0.05) is 0 Å². The maximum absolute atomic E-state index is 14.1. The molecular formula is C20H17F4N7. The molecule has 3 aromatic heterocycles. The largest absolute Gasteiger partial charge is 0.416 e. The molecule has 0 bridgehead atoms. The van der Waals surface area contributed by atoms with Gasteiger partial charge >= 0.3 is 6.18 Å². The van der Waals surface area contributed by atoms with Gasteiger partial charge in [-0.2, -0.15) is 18.2 Å². The zero-order valence-electron chi connectivity index (χ0n) is 16.7. The minimum Gasteiger partial charge on any atom is -0.322 e. The standard InChI is InChI=1S/C20H17F4N7/c1-11-9-31(10-25-11)17-7-6-15(26-12(17)2)18-28-19(30(3)29-18)27-16-8-13(20(22,23)24)4-5-14(16)21/h4-10H,1-3H3,(H,27,28,29). The van der Waals surface area contributed by atoms with Crippen molar-refractivity contribution in [2.45, 2.75) is 20.0 Å². The molecule has 4 aromatic rings. The number of nitrogens with one attached hydrogen (secondary N) is 1. The van der Waals surface area contributed by atoms with Gasteiger partial charge < -0.3 is 9.88 Å². The number of imidazole rings is 1. The molecular weight excluding hydrogens is 414 g/mol. The first kappa shape index (κ1) is 20.5. The van der Waals surface area contributed by atoms with E-state index in [9.17, 15) is 17.6 Å². The maximum Gasteiger partial charge on any atom is 0.416 e. The number of hydrogen-bond donors (Lipinski definition) is 1. The van der Waals surface area contributed by atoms with Crippen molar-refractivity contribution in [2.75, 3.05) is 5.32 Å². The molecule has 0 spiro atoms. The van der Waals surface area contributed by atoms with Crippen molar-refractivity contribution in [1.82, 2.24) is 29.3 Å². The van der Waals surface area contributed by atoms with E-state index in [1.165, 1.54) is 4.68 Å². The van der Waals surface area contributed by atoms with Gasteiger partial charge in [-0.25, -0.2) is 19.0 Å². The lowest BCUT2D eigenvalue weighted by Crippen LogP contribution is -2.07. The highest BCUT2D eigenvalue weighted by Crippen LogP contribution is 2.32. The van der Waals surface area contributed by atoms with Crippen LogP contribution >= 0.6 is 0 Å². The molecule has 0 aliphatic heterocycles. The molecule has 1 N–H and O–H groups in total. The lowest BCUT2D eigenvalue weighted by molar-refractivity contribution is -0.137. The van der Waals surface area contributed by atoms with E-state index in [0.29, 0.717) is 23.5 Å². The van der Waals surface area contributed by atoms with Crippen molar-refractivity contribution in [3.05, 3.63) is 65.6 Å². The van der Waals surface area contributed by atoms with Crippen LogP contribution in [0.2, 0.25) is 0 Å². The first-order valence-electron chi connectivity index (χ1n) is 9.15. The van der Waals surface area contributed by atoms with Crippen LogP contribution in [0.15, 0.2) is 42.9 Å². The normalized spacial score (nSPS) is 11.7. The molecule has 1 aromatic carbocycles. The Bertz CT molecular complexity index is 1260. The van der Waals surface area contributed by atoms with E-state index in [4.69, 9.17) is 0 Å². The minimum atomic E-state index is -4.59. The van der Waals surface area contributed by atoms with Gasteiger partial charge in [-0.15, -0.1) is 5.10 Å². The zero-order valence-corrected chi connectivity index (χ0v) is 16.7. The third-order valence-electron chi connectivity index (χ3n) is 4.58. The SMILES string of the molecule is Cc1cn(-c2ccc(-c3nc(Nc4cc(C(F)(F)F)ccc4F)n(C)n3)nc2C)cn1. The maximum atomic E-state index is 14.1. The van der Waals surface area contributed by atoms with E-state index in [2.05, 4.69) is 25.4 Å². The summed E-state index contributed by atoms with van der Waals surface area (Å²) >= 11 is 0. The number of halogens is 4. The van der Waals surface area contributed by atoms with Gasteiger partial charge in [0.2, 0.25) is 11.8 Å². The van der Waals surface area contributed by atoms with Crippen LogP contribution in [-0.2, 0) is 13.2 Å². The summed E-state index contributed by atoms with van der Waals surface area (Å²) in [5, 5.41) is 6.81. The second-order valence-corrected chi connectivity index (χ2v) is 6.92. The summed E-state index contributed by atoms with van der Waals surface area (Å²) in [7, 11) is 1.54. The van der Waals surface area contributed by atoms with Crippen molar-refractivity contribution in [3.63, 3.8) is 0 Å². The second kappa shape index (κ2) is 7.49. The molecule has 11 heteroatoms. The van der Waals surface area contributed by atoms with Crippen molar-refractivity contribution in [3.8, 4) is 17.2 Å². The van der Waals surface area contributed by atoms with Gasteiger partial charge in [0, 0.05) is 13.2 Å². The fraction of sp³-hybridized carbons (Fsp3) is 0.200. The first-order chi connectivity index (χ1) is 14.6. The number of alkyl halides is 3. The number of aryl methyl sites for hydroxylation is 3. The monoisotopic (exact) mass is 431 g/mol. The van der Waals surface area contributed by atoms with Crippen molar-refractivity contribution in [2.24, 2.45) is 7.05 Å². The number of pyridine rings is 1. The third-order valence-corrected chi connectivity index (χ3v) is 4.58. The van der Waals surface area contributed by atoms with Gasteiger partial charge in [0.1, 0.15) is 11.5 Å². The Hall–Kier alpha value is -3.76. The Balaban J connectivity index is 1.64. The average molecular weight is 431 g/mol. The second-order valence-electron chi connectivity index (χ2n) is 6.92. The quantitative estimate of drug-likeness (QED) is 0.479. The summed E-state index contributed by atoms with van der Waals surface area (Å²) in [6, 6.07) is 5.69. The number of rotatable bonds is 4. The van der Waals surface area contributed by atoms with Gasteiger partial charge in [0.15, 0.2) is 0 Å². The third kappa shape index (κ3) is 4.11. The Morgan fingerprint density at radius 3 is 2.45 bits per heavy atom. The van der Waals surface area contributed by atoms with Crippen molar-refractivity contribution < 1.29 is 17.6 Å². The summed E-state index contributed by atoms with van der Waals surface area (Å²) in [6.45, 7) is 3.71. The molecule has 4 rings (SSSR count). The van der Waals surface area contributed by atoms with Crippen molar-refractivity contribution in [1.29, 1.82) is 0 Å². The lowest BCUT2D eigenvalue weighted by Gasteiger charge is -2.10. The van der Waals surface area contributed by atoms with Gasteiger partial charge in [0.05, 0.1) is 34.7 Å². The highest BCUT2D eigenvalue weighted by Gasteiger charge is 2.31. The van der Waals surface area contributed by atoms with E-state index >= 15 is 0 Å². The first-order valence-corrected chi connectivity index (χ1v) is 9.15. The van der Waals surface area contributed by atoms with Crippen LogP contribution < -0.4 is 5.32 Å². The lowest BCUT2D eigenvalue weighted by atomic mass is 10.2. The summed E-state index contributed by atoms with van der Waals surface area (Å²) < 4.78 is 56.0. The highest BCUT2D eigenvalue weighted by molar-refractivity contribution is 5.60. The van der Waals surface area contributed by atoms with Gasteiger partial charge in [-0.05, 0) is 44.2 Å². The zero-order chi connectivity index (χ0) is 22.3. The molecule has 7 nitrogen and oxygen atoms in total. The number of nitrogens with zero attached hydrogens (tertiary/aromatic N) is 6. The Morgan fingerprint density at radius 1 is 1.03 bits per heavy atom. The van der Waals surface area contributed by atoms with Crippen LogP contribution in [0.25, 0.3) is 17.2 Å². The van der Waals surface area contributed by atoms with Crippen LogP contribution in [0.5, 0.6) is 0 Å². The predicted molar refractivity (Wildman–Crippen MR) is 106 cm³/mol. The van der Waals surface area contributed by atoms with Crippen LogP contribution in [0, 0.1) is 19.7 Å². The van der Waals surface area contributed by atoms with E-state index in [1.54, 1.807) is 19.4 Å². The molecule has 3 heterocycles. The Labute approximate surface area is 174 Å². The van der Waals surface area contributed by atoms with Gasteiger partial charge in [0.25, 0.3) is 0 Å². The van der Waals surface area contributed by atoms with Gasteiger partial charge in [-0.3, -0.25) is 0 Å². The number of anilines is 2. The Morgan fingerprint density at radius 2 is 1.81 bits per heavy atom. The van der Waals surface area contributed by atoms with Crippen LogP contribution in [-0.4, -0.2) is 29.3 Å². The minimum absolute atomic E-state index is 0.0713. The number of benzene rings is 1. The van der Waals surface area contributed by atoms with Crippen LogP contribution in [0.3, 0.4) is 0 Å². The number of aromatic nitrogens is 6. The predicted octanol–water partition coefficient (Wildman–Crippen LogP) is 4.58. The number of hydrogen-bond acceptors (Lipinski definition) is 5.